The van der Waals surface area contributed by atoms with Crippen LogP contribution < -0.4 is 5.32 Å². The lowest BCUT2D eigenvalue weighted by Crippen LogP contribution is -2.08. The fraction of sp³-hybridized carbons (Fsp3) is 0.800. The Labute approximate surface area is 47.7 Å². The zero-order valence-corrected chi connectivity index (χ0v) is 4.72. The predicted octanol–water partition coefficient (Wildman–Crippen LogP) is -0.179. The Balaban J connectivity index is 2.26. The Bertz CT molecular complexity index is 113. The number of carbonyl (C=O) groups is 1. The van der Waals surface area contributed by atoms with Crippen molar-refractivity contribution in [3.05, 3.63) is 0 Å². The van der Waals surface area contributed by atoms with Crippen molar-refractivity contribution in [2.75, 3.05) is 0 Å². The standard InChI is InChI=1S/C5H9NO2/c1-2-3-4(6-3)5(7)8/h3-4,6H,2H2,1H3,(H,7,8)/t3-,4+/m1/s1. The first-order valence-electron chi connectivity index (χ1n) is 2.74. The number of hydrogen-bond donors (Lipinski definition) is 2. The van der Waals surface area contributed by atoms with Crippen LogP contribution in [0, 0.1) is 0 Å². The fourth-order valence-electron chi connectivity index (χ4n) is 0.772. The van der Waals surface area contributed by atoms with Gasteiger partial charge in [0.2, 0.25) is 0 Å². The molecule has 0 aliphatic carbocycles. The highest BCUT2D eigenvalue weighted by atomic mass is 16.4. The molecule has 0 aromatic rings. The Morgan fingerprint density at radius 1 is 1.88 bits per heavy atom. The van der Waals surface area contributed by atoms with Crippen LogP contribution in [0.2, 0.25) is 0 Å². The number of carboxylic acids is 1. The van der Waals surface area contributed by atoms with Crippen LogP contribution in [0.15, 0.2) is 0 Å². The molecule has 1 fully saturated rings. The van der Waals surface area contributed by atoms with E-state index in [1.54, 1.807) is 0 Å². The second kappa shape index (κ2) is 1.74. The molecule has 8 heavy (non-hydrogen) atoms. The van der Waals surface area contributed by atoms with Crippen LogP contribution >= 0.6 is 0 Å². The average Bonchev–Trinajstić information content (AvgIpc) is 2.42. The summed E-state index contributed by atoms with van der Waals surface area (Å²) in [6.07, 6.45) is 0.914. The molecule has 1 heterocycles. The quantitative estimate of drug-likeness (QED) is 0.491. The molecule has 0 bridgehead atoms. The lowest BCUT2D eigenvalue weighted by molar-refractivity contribution is -0.136. The summed E-state index contributed by atoms with van der Waals surface area (Å²) in [4.78, 5) is 10.1. The largest absolute Gasteiger partial charge is 0.480 e. The number of aliphatic carboxylic acids is 1. The lowest BCUT2D eigenvalue weighted by atomic mass is 10.3. The van der Waals surface area contributed by atoms with E-state index >= 15 is 0 Å². The maximum Gasteiger partial charge on any atom is 0.322 e. The van der Waals surface area contributed by atoms with Gasteiger partial charge in [0.15, 0.2) is 0 Å². The van der Waals surface area contributed by atoms with Crippen LogP contribution in [-0.2, 0) is 4.79 Å². The van der Waals surface area contributed by atoms with Crippen molar-refractivity contribution in [3.63, 3.8) is 0 Å². The molecule has 1 aliphatic heterocycles. The van der Waals surface area contributed by atoms with Gasteiger partial charge in [-0.05, 0) is 6.42 Å². The monoisotopic (exact) mass is 115 g/mol. The van der Waals surface area contributed by atoms with E-state index in [1.807, 2.05) is 6.92 Å². The smallest absolute Gasteiger partial charge is 0.322 e. The van der Waals surface area contributed by atoms with E-state index in [9.17, 15) is 4.79 Å². The van der Waals surface area contributed by atoms with Crippen molar-refractivity contribution < 1.29 is 9.90 Å². The minimum Gasteiger partial charge on any atom is -0.480 e. The van der Waals surface area contributed by atoms with Gasteiger partial charge in [-0.15, -0.1) is 0 Å². The van der Waals surface area contributed by atoms with Gasteiger partial charge in [0, 0.05) is 6.04 Å². The molecule has 0 amide bonds. The number of hydrogen-bond acceptors (Lipinski definition) is 2. The third-order valence-corrected chi connectivity index (χ3v) is 1.39. The molecule has 2 atom stereocenters. The zero-order valence-electron chi connectivity index (χ0n) is 4.72. The number of nitrogens with one attached hydrogen (secondary N) is 1. The molecular weight excluding hydrogens is 106 g/mol. The van der Waals surface area contributed by atoms with Gasteiger partial charge in [-0.3, -0.25) is 10.1 Å². The Kier molecular flexibility index (Phi) is 1.21. The summed E-state index contributed by atoms with van der Waals surface area (Å²) in [6, 6.07) is -0.00694. The molecule has 3 heteroatoms. The van der Waals surface area contributed by atoms with E-state index in [1.165, 1.54) is 0 Å². The first kappa shape index (κ1) is 5.56. The van der Waals surface area contributed by atoms with Gasteiger partial charge in [0.05, 0.1) is 0 Å². The van der Waals surface area contributed by atoms with Crippen molar-refractivity contribution in [1.29, 1.82) is 0 Å². The van der Waals surface area contributed by atoms with E-state index in [2.05, 4.69) is 5.32 Å². The van der Waals surface area contributed by atoms with Gasteiger partial charge in [-0.1, -0.05) is 6.92 Å². The summed E-state index contributed by atoms with van der Waals surface area (Å²) in [5.74, 6) is -0.725. The second-order valence-corrected chi connectivity index (χ2v) is 2.00. The normalized spacial score (nSPS) is 34.6. The van der Waals surface area contributed by atoms with Gasteiger partial charge in [-0.2, -0.15) is 0 Å². The van der Waals surface area contributed by atoms with Gasteiger partial charge in [-0.25, -0.2) is 0 Å². The van der Waals surface area contributed by atoms with Gasteiger partial charge < -0.3 is 5.11 Å². The van der Waals surface area contributed by atoms with Crippen LogP contribution in [0.25, 0.3) is 0 Å². The summed E-state index contributed by atoms with van der Waals surface area (Å²) < 4.78 is 0. The van der Waals surface area contributed by atoms with Gasteiger partial charge in [0.25, 0.3) is 0 Å². The fourth-order valence-corrected chi connectivity index (χ4v) is 0.772. The average molecular weight is 115 g/mol. The lowest BCUT2D eigenvalue weighted by Gasteiger charge is -1.81. The Hall–Kier alpha value is -0.570. The van der Waals surface area contributed by atoms with Crippen LogP contribution in [-0.4, -0.2) is 23.2 Å². The van der Waals surface area contributed by atoms with Gasteiger partial charge in [0.1, 0.15) is 6.04 Å². The maximum absolute atomic E-state index is 10.1. The molecule has 0 spiro atoms. The van der Waals surface area contributed by atoms with Crippen molar-refractivity contribution in [1.82, 2.24) is 5.32 Å². The topological polar surface area (TPSA) is 59.2 Å². The highest BCUT2D eigenvalue weighted by Gasteiger charge is 2.40. The summed E-state index contributed by atoms with van der Waals surface area (Å²) >= 11 is 0. The van der Waals surface area contributed by atoms with Crippen LogP contribution in [0.1, 0.15) is 13.3 Å². The van der Waals surface area contributed by atoms with E-state index in [-0.39, 0.29) is 12.1 Å². The molecule has 0 saturated carbocycles. The molecule has 1 aliphatic rings. The first-order chi connectivity index (χ1) is 3.75. The molecule has 1 saturated heterocycles. The van der Waals surface area contributed by atoms with Crippen LogP contribution in [0.3, 0.4) is 0 Å². The molecule has 0 aromatic carbocycles. The van der Waals surface area contributed by atoms with E-state index < -0.39 is 5.97 Å². The molecule has 0 unspecified atom stereocenters. The Morgan fingerprint density at radius 3 is 2.62 bits per heavy atom. The van der Waals surface area contributed by atoms with E-state index in [0.29, 0.717) is 0 Å². The minimum atomic E-state index is -0.725. The molecule has 2 N–H and O–H groups in total. The molecule has 46 valence electrons. The molecule has 3 nitrogen and oxygen atoms in total. The molecular formula is C5H9NO2. The molecule has 0 aromatic heterocycles. The zero-order chi connectivity index (χ0) is 6.15. The maximum atomic E-state index is 10.1. The van der Waals surface area contributed by atoms with E-state index in [0.717, 1.165) is 6.42 Å². The van der Waals surface area contributed by atoms with Gasteiger partial charge >= 0.3 is 5.97 Å². The third kappa shape index (κ3) is 0.816. The van der Waals surface area contributed by atoms with Crippen molar-refractivity contribution in [2.45, 2.75) is 25.4 Å². The Morgan fingerprint density at radius 2 is 2.50 bits per heavy atom. The third-order valence-electron chi connectivity index (χ3n) is 1.39. The van der Waals surface area contributed by atoms with Crippen LogP contribution in [0.5, 0.6) is 0 Å². The van der Waals surface area contributed by atoms with E-state index in [4.69, 9.17) is 5.11 Å². The summed E-state index contributed by atoms with van der Waals surface area (Å²) in [6.45, 7) is 1.97. The summed E-state index contributed by atoms with van der Waals surface area (Å²) in [7, 11) is 0. The molecule has 1 rings (SSSR count). The SMILES string of the molecule is CC[C@H]1N[C@@H]1C(=O)O. The highest BCUT2D eigenvalue weighted by Crippen LogP contribution is 2.13. The van der Waals surface area contributed by atoms with Crippen molar-refractivity contribution in [3.8, 4) is 0 Å². The summed E-state index contributed by atoms with van der Waals surface area (Å²) in [5.41, 5.74) is 0. The minimum absolute atomic E-state index is 0.243. The highest BCUT2D eigenvalue weighted by molar-refractivity contribution is 5.78. The number of rotatable bonds is 2. The second-order valence-electron chi connectivity index (χ2n) is 2.00. The van der Waals surface area contributed by atoms with Crippen LogP contribution in [0.4, 0.5) is 0 Å². The number of carboxylic acid groups (broad SMARTS) is 1. The van der Waals surface area contributed by atoms with Crippen molar-refractivity contribution in [2.24, 2.45) is 0 Å². The predicted molar refractivity (Wildman–Crippen MR) is 28.6 cm³/mol. The molecule has 0 radical (unpaired) electrons. The summed E-state index contributed by atoms with van der Waals surface area (Å²) in [5, 5.41) is 11.1. The van der Waals surface area contributed by atoms with Crippen molar-refractivity contribution >= 4 is 5.97 Å². The first-order valence-corrected chi connectivity index (χ1v) is 2.74.